The van der Waals surface area contributed by atoms with Gasteiger partial charge in [-0.1, -0.05) is 12.3 Å². The second kappa shape index (κ2) is 8.99. The molecule has 1 aromatic heterocycles. The van der Waals surface area contributed by atoms with Gasteiger partial charge in [0, 0.05) is 31.5 Å². The zero-order valence-corrected chi connectivity index (χ0v) is 16.3. The highest BCUT2D eigenvalue weighted by molar-refractivity contribution is 7.89. The Morgan fingerprint density at radius 3 is 2.71 bits per heavy atom. The van der Waals surface area contributed by atoms with E-state index in [2.05, 4.69) is 30.7 Å². The summed E-state index contributed by atoms with van der Waals surface area (Å²) in [6, 6.07) is 5.71. The highest BCUT2D eigenvalue weighted by Gasteiger charge is 2.16. The first-order valence-electron chi connectivity index (χ1n) is 9.23. The van der Waals surface area contributed by atoms with E-state index in [0.29, 0.717) is 18.5 Å². The van der Waals surface area contributed by atoms with E-state index in [0.717, 1.165) is 37.5 Å². The van der Waals surface area contributed by atoms with Crippen molar-refractivity contribution >= 4 is 15.9 Å². The predicted octanol–water partition coefficient (Wildman–Crippen LogP) is 0.888. The molecular weight excluding hydrogens is 378 g/mol. The molecule has 148 valence electrons. The van der Waals surface area contributed by atoms with Crippen LogP contribution >= 0.6 is 0 Å². The number of nitrogens with one attached hydrogen (secondary N) is 2. The first kappa shape index (κ1) is 20.0. The molecule has 0 saturated carbocycles. The number of benzene rings is 1. The van der Waals surface area contributed by atoms with E-state index in [1.807, 2.05) is 0 Å². The monoisotopic (exact) mass is 401 g/mol. The lowest BCUT2D eigenvalue weighted by Gasteiger charge is -2.09. The number of nitrogens with zero attached hydrogens (tertiary/aromatic N) is 3. The first-order valence-corrected chi connectivity index (χ1v) is 10.7. The second-order valence-corrected chi connectivity index (χ2v) is 8.32. The maximum Gasteiger partial charge on any atom is 0.251 e. The number of aromatic nitrogens is 3. The summed E-state index contributed by atoms with van der Waals surface area (Å²) >= 11 is 0. The number of sulfonamides is 1. The number of hydrogen-bond acceptors (Lipinski definition) is 5. The summed E-state index contributed by atoms with van der Waals surface area (Å²) in [7, 11) is -3.67. The van der Waals surface area contributed by atoms with Crippen molar-refractivity contribution in [3.8, 4) is 12.3 Å². The Morgan fingerprint density at radius 2 is 1.96 bits per heavy atom. The lowest BCUT2D eigenvalue weighted by molar-refractivity contribution is 0.0953. The van der Waals surface area contributed by atoms with Crippen molar-refractivity contribution in [3.05, 3.63) is 41.5 Å². The SMILES string of the molecule is C#CCNS(=O)(=O)c1ccc(C(=O)NCCc2nnc3n2CCCCC3)cc1. The molecule has 2 aromatic rings. The third-order valence-corrected chi connectivity index (χ3v) is 6.03. The Labute approximate surface area is 164 Å². The Kier molecular flexibility index (Phi) is 6.44. The van der Waals surface area contributed by atoms with Gasteiger partial charge < -0.3 is 9.88 Å². The van der Waals surface area contributed by atoms with Crippen LogP contribution in [0.15, 0.2) is 29.2 Å². The molecule has 1 aliphatic heterocycles. The molecule has 0 spiro atoms. The van der Waals surface area contributed by atoms with Gasteiger partial charge in [-0.25, -0.2) is 8.42 Å². The number of terminal acetylenes is 1. The summed E-state index contributed by atoms with van der Waals surface area (Å²) in [5.41, 5.74) is 0.385. The number of carbonyl (C=O) groups excluding carboxylic acids is 1. The molecule has 1 aromatic carbocycles. The van der Waals surface area contributed by atoms with E-state index < -0.39 is 10.0 Å². The van der Waals surface area contributed by atoms with Crippen LogP contribution in [0.2, 0.25) is 0 Å². The maximum atomic E-state index is 12.3. The van der Waals surface area contributed by atoms with E-state index in [1.54, 1.807) is 0 Å². The van der Waals surface area contributed by atoms with Gasteiger partial charge in [0.2, 0.25) is 10.0 Å². The van der Waals surface area contributed by atoms with Crippen molar-refractivity contribution in [1.29, 1.82) is 0 Å². The average molecular weight is 401 g/mol. The summed E-state index contributed by atoms with van der Waals surface area (Å²) in [4.78, 5) is 12.4. The van der Waals surface area contributed by atoms with Gasteiger partial charge in [-0.3, -0.25) is 4.79 Å². The highest BCUT2D eigenvalue weighted by Crippen LogP contribution is 2.14. The molecular formula is C19H23N5O3S. The summed E-state index contributed by atoms with van der Waals surface area (Å²) in [6.45, 7) is 1.27. The quantitative estimate of drug-likeness (QED) is 0.670. The molecule has 0 fully saturated rings. The molecule has 0 aliphatic carbocycles. The van der Waals surface area contributed by atoms with Crippen LogP contribution in [0, 0.1) is 12.3 Å². The third kappa shape index (κ3) is 4.77. The van der Waals surface area contributed by atoms with Crippen LogP contribution in [-0.2, 0) is 29.4 Å². The van der Waals surface area contributed by atoms with Crippen LogP contribution in [0.25, 0.3) is 0 Å². The Balaban J connectivity index is 1.56. The van der Waals surface area contributed by atoms with Crippen LogP contribution in [0.5, 0.6) is 0 Å². The topological polar surface area (TPSA) is 106 Å². The van der Waals surface area contributed by atoms with Gasteiger partial charge in [0.1, 0.15) is 11.6 Å². The summed E-state index contributed by atoms with van der Waals surface area (Å²) < 4.78 is 28.4. The van der Waals surface area contributed by atoms with Crippen molar-refractivity contribution in [2.75, 3.05) is 13.1 Å². The van der Waals surface area contributed by atoms with Crippen LogP contribution in [0.1, 0.15) is 41.3 Å². The smallest absolute Gasteiger partial charge is 0.251 e. The number of rotatable bonds is 7. The summed E-state index contributed by atoms with van der Waals surface area (Å²) in [5, 5.41) is 11.3. The van der Waals surface area contributed by atoms with Crippen LogP contribution < -0.4 is 10.0 Å². The molecule has 0 saturated heterocycles. The Morgan fingerprint density at radius 1 is 1.18 bits per heavy atom. The van der Waals surface area contributed by atoms with Crippen LogP contribution in [0.3, 0.4) is 0 Å². The van der Waals surface area contributed by atoms with Crippen molar-refractivity contribution in [3.63, 3.8) is 0 Å². The van der Waals surface area contributed by atoms with Crippen molar-refractivity contribution in [2.24, 2.45) is 0 Å². The zero-order valence-electron chi connectivity index (χ0n) is 15.5. The standard InChI is InChI=1S/C19H23N5O3S/c1-2-12-21-28(26,27)16-9-7-15(8-10-16)19(25)20-13-11-18-23-22-17-6-4-3-5-14-24(17)18/h1,7-10,21H,3-6,11-14H2,(H,20,25). The summed E-state index contributed by atoms with van der Waals surface area (Å²) in [5.74, 6) is 3.86. The van der Waals surface area contributed by atoms with E-state index in [9.17, 15) is 13.2 Å². The fourth-order valence-electron chi connectivity index (χ4n) is 3.13. The van der Waals surface area contributed by atoms with E-state index in [4.69, 9.17) is 6.42 Å². The molecule has 0 radical (unpaired) electrons. The number of carbonyl (C=O) groups is 1. The molecule has 0 bridgehead atoms. The maximum absolute atomic E-state index is 12.3. The van der Waals surface area contributed by atoms with E-state index >= 15 is 0 Å². The fraction of sp³-hybridized carbons (Fsp3) is 0.421. The lowest BCUT2D eigenvalue weighted by atomic mass is 10.2. The van der Waals surface area contributed by atoms with E-state index in [-0.39, 0.29) is 17.3 Å². The van der Waals surface area contributed by atoms with Gasteiger partial charge in [0.25, 0.3) is 5.91 Å². The minimum atomic E-state index is -3.67. The van der Waals surface area contributed by atoms with Gasteiger partial charge in [-0.15, -0.1) is 16.6 Å². The Bertz CT molecular complexity index is 974. The largest absolute Gasteiger partial charge is 0.352 e. The molecule has 1 aliphatic rings. The first-order chi connectivity index (χ1) is 13.5. The Hall–Kier alpha value is -2.70. The number of fused-ring (bicyclic) bond motifs is 1. The van der Waals surface area contributed by atoms with Gasteiger partial charge in [-0.05, 0) is 37.1 Å². The average Bonchev–Trinajstić information content (AvgIpc) is 2.93. The van der Waals surface area contributed by atoms with Gasteiger partial charge >= 0.3 is 0 Å². The zero-order chi connectivity index (χ0) is 20.0. The van der Waals surface area contributed by atoms with Crippen molar-refractivity contribution in [2.45, 2.75) is 43.5 Å². The number of hydrogen-bond donors (Lipinski definition) is 2. The normalized spacial score (nSPS) is 14.0. The molecule has 0 atom stereocenters. The molecule has 9 heteroatoms. The summed E-state index contributed by atoms with van der Waals surface area (Å²) in [6.07, 6.45) is 10.1. The lowest BCUT2D eigenvalue weighted by Crippen LogP contribution is -2.27. The molecule has 0 unspecified atom stereocenters. The molecule has 3 rings (SSSR count). The third-order valence-electron chi connectivity index (χ3n) is 4.61. The number of aryl methyl sites for hydroxylation is 1. The van der Waals surface area contributed by atoms with Gasteiger partial charge in [-0.2, -0.15) is 4.72 Å². The molecule has 28 heavy (non-hydrogen) atoms. The number of amides is 1. The minimum Gasteiger partial charge on any atom is -0.352 e. The van der Waals surface area contributed by atoms with Gasteiger partial charge in [0.05, 0.1) is 11.4 Å². The minimum absolute atomic E-state index is 0.0606. The van der Waals surface area contributed by atoms with Crippen LogP contribution in [-0.4, -0.2) is 42.2 Å². The van der Waals surface area contributed by atoms with Crippen molar-refractivity contribution < 1.29 is 13.2 Å². The predicted molar refractivity (Wildman–Crippen MR) is 104 cm³/mol. The fourth-order valence-corrected chi connectivity index (χ4v) is 4.06. The van der Waals surface area contributed by atoms with Gasteiger partial charge in [0.15, 0.2) is 0 Å². The molecule has 2 heterocycles. The van der Waals surface area contributed by atoms with Crippen molar-refractivity contribution in [1.82, 2.24) is 24.8 Å². The highest BCUT2D eigenvalue weighted by atomic mass is 32.2. The van der Waals surface area contributed by atoms with Crippen LogP contribution in [0.4, 0.5) is 0 Å². The molecule has 1 amide bonds. The molecule has 8 nitrogen and oxygen atoms in total. The van der Waals surface area contributed by atoms with E-state index in [1.165, 1.54) is 30.7 Å². The second-order valence-electron chi connectivity index (χ2n) is 6.55. The molecule has 2 N–H and O–H groups in total.